The molecule has 0 fully saturated rings. The second-order valence-electron chi connectivity index (χ2n) is 3.89. The van der Waals surface area contributed by atoms with E-state index in [9.17, 15) is 4.39 Å². The summed E-state index contributed by atoms with van der Waals surface area (Å²) in [5.74, 6) is -0.179. The molecule has 17 heavy (non-hydrogen) atoms. The summed E-state index contributed by atoms with van der Waals surface area (Å²) in [6.07, 6.45) is 5.30. The lowest BCUT2D eigenvalue weighted by molar-refractivity contribution is 0.628. The van der Waals surface area contributed by atoms with E-state index >= 15 is 0 Å². The Hall–Kier alpha value is -1.75. The zero-order valence-corrected chi connectivity index (χ0v) is 10.8. The fourth-order valence-corrected chi connectivity index (χ4v) is 3.13. The van der Waals surface area contributed by atoms with Crippen molar-refractivity contribution in [2.45, 2.75) is 13.1 Å². The van der Waals surface area contributed by atoms with Crippen LogP contribution in [0, 0.1) is 5.82 Å². The number of hydrogen-bond acceptors (Lipinski definition) is 2. The molecular weight excluding hydrogens is 233 g/mol. The molecule has 0 bridgehead atoms. The van der Waals surface area contributed by atoms with Gasteiger partial charge in [0.15, 0.2) is 0 Å². The Morgan fingerprint density at radius 2 is 2.12 bits per heavy atom. The first-order valence-corrected chi connectivity index (χ1v) is 7.90. The van der Waals surface area contributed by atoms with Gasteiger partial charge in [0.25, 0.3) is 0 Å². The maximum Gasteiger partial charge on any atom is 0.137 e. The monoisotopic (exact) mass is 247 g/mol. The smallest absolute Gasteiger partial charge is 0.137 e. The van der Waals surface area contributed by atoms with Crippen LogP contribution in [0.15, 0.2) is 48.7 Å². The van der Waals surface area contributed by atoms with Gasteiger partial charge in [0.2, 0.25) is 0 Å². The topological polar surface area (TPSA) is 30.7 Å². The molecule has 0 saturated heterocycles. The molecule has 0 saturated carbocycles. The summed E-state index contributed by atoms with van der Waals surface area (Å²) >= 11 is 0. The van der Waals surface area contributed by atoms with Crippen molar-refractivity contribution in [2.75, 3.05) is 0 Å². The van der Waals surface area contributed by atoms with Crippen molar-refractivity contribution in [1.82, 2.24) is 14.8 Å². The van der Waals surface area contributed by atoms with Gasteiger partial charge in [-0.2, -0.15) is 5.10 Å². The normalized spacial score (nSPS) is 13.1. The summed E-state index contributed by atoms with van der Waals surface area (Å²) in [5.41, 5.74) is 2.22. The molecule has 0 spiro atoms. The Balaban J connectivity index is 1.94. The predicted octanol–water partition coefficient (Wildman–Crippen LogP) is 1.28. The maximum atomic E-state index is 12.8. The molecule has 0 amide bonds. The number of allylic oxidation sites excluding steroid dienone is 1. The summed E-state index contributed by atoms with van der Waals surface area (Å²) in [6, 6.07) is 6.77. The minimum absolute atomic E-state index is 0.179. The Labute approximate surface area is 101 Å². The molecule has 1 unspecified atom stereocenters. The molecule has 88 valence electrons. The van der Waals surface area contributed by atoms with Crippen LogP contribution in [0.5, 0.6) is 0 Å². The molecule has 1 atom stereocenters. The number of benzene rings is 1. The standard InChI is InChI=1S/C12H14FN3Si/c1-17(12-5-3-11(13)4-6-12)8-2-7-16-10-14-9-15-16/h2-6,8-10,17H,7H2,1H3. The molecule has 3 nitrogen and oxygen atoms in total. The summed E-state index contributed by atoms with van der Waals surface area (Å²) in [6.45, 7) is 2.95. The van der Waals surface area contributed by atoms with E-state index < -0.39 is 8.80 Å². The van der Waals surface area contributed by atoms with Crippen LogP contribution in [-0.4, -0.2) is 23.6 Å². The zero-order chi connectivity index (χ0) is 12.1. The van der Waals surface area contributed by atoms with Crippen LogP contribution < -0.4 is 5.19 Å². The van der Waals surface area contributed by atoms with Gasteiger partial charge in [-0.15, -0.1) is 0 Å². The van der Waals surface area contributed by atoms with Crippen molar-refractivity contribution >= 4 is 14.0 Å². The first-order chi connectivity index (χ1) is 8.25. The molecule has 1 aromatic heterocycles. The second kappa shape index (κ2) is 5.54. The highest BCUT2D eigenvalue weighted by atomic mass is 28.3. The van der Waals surface area contributed by atoms with Gasteiger partial charge in [-0.1, -0.05) is 35.6 Å². The first-order valence-electron chi connectivity index (χ1n) is 5.50. The van der Waals surface area contributed by atoms with Crippen LogP contribution in [0.1, 0.15) is 0 Å². The average molecular weight is 247 g/mol. The summed E-state index contributed by atoms with van der Waals surface area (Å²) in [5, 5.41) is 5.25. The van der Waals surface area contributed by atoms with Crippen molar-refractivity contribution in [1.29, 1.82) is 0 Å². The third kappa shape index (κ3) is 3.35. The van der Waals surface area contributed by atoms with E-state index in [0.29, 0.717) is 0 Å². The molecular formula is C12H14FN3Si. The molecule has 0 aliphatic carbocycles. The molecule has 1 heterocycles. The van der Waals surface area contributed by atoms with E-state index in [0.717, 1.165) is 6.54 Å². The highest BCUT2D eigenvalue weighted by Crippen LogP contribution is 1.96. The van der Waals surface area contributed by atoms with Crippen LogP contribution in [0.4, 0.5) is 4.39 Å². The molecule has 5 heteroatoms. The SMILES string of the molecule is C[SiH](C=CCn1cncn1)c1ccc(F)cc1. The zero-order valence-electron chi connectivity index (χ0n) is 9.62. The van der Waals surface area contributed by atoms with Gasteiger partial charge in [0.05, 0.1) is 15.3 Å². The van der Waals surface area contributed by atoms with E-state index in [4.69, 9.17) is 0 Å². The molecule has 0 radical (unpaired) electrons. The summed E-state index contributed by atoms with van der Waals surface area (Å²) in [7, 11) is -1.11. The first kappa shape index (κ1) is 11.7. The fraction of sp³-hybridized carbons (Fsp3) is 0.167. The number of aromatic nitrogens is 3. The van der Waals surface area contributed by atoms with E-state index in [1.54, 1.807) is 11.0 Å². The van der Waals surface area contributed by atoms with Gasteiger partial charge < -0.3 is 0 Å². The van der Waals surface area contributed by atoms with E-state index in [2.05, 4.69) is 28.4 Å². The largest absolute Gasteiger partial charge is 0.249 e. The molecule has 2 rings (SSSR count). The maximum absolute atomic E-state index is 12.8. The highest BCUT2D eigenvalue weighted by molar-refractivity contribution is 6.76. The van der Waals surface area contributed by atoms with E-state index in [1.807, 2.05) is 12.1 Å². The van der Waals surface area contributed by atoms with Gasteiger partial charge in [-0.05, 0) is 12.1 Å². The van der Waals surface area contributed by atoms with Gasteiger partial charge in [0.1, 0.15) is 18.5 Å². The van der Waals surface area contributed by atoms with Gasteiger partial charge in [0, 0.05) is 0 Å². The predicted molar refractivity (Wildman–Crippen MR) is 68.2 cm³/mol. The van der Waals surface area contributed by atoms with Crippen molar-refractivity contribution in [3.63, 3.8) is 0 Å². The Morgan fingerprint density at radius 1 is 1.35 bits per heavy atom. The third-order valence-corrected chi connectivity index (χ3v) is 4.87. The van der Waals surface area contributed by atoms with Gasteiger partial charge in [-0.25, -0.2) is 14.1 Å². The number of rotatable bonds is 4. The van der Waals surface area contributed by atoms with E-state index in [1.165, 1.54) is 23.6 Å². The number of hydrogen-bond donors (Lipinski definition) is 0. The van der Waals surface area contributed by atoms with Crippen molar-refractivity contribution < 1.29 is 4.39 Å². The lowest BCUT2D eigenvalue weighted by atomic mass is 10.3. The molecule has 0 aliphatic heterocycles. The van der Waals surface area contributed by atoms with Gasteiger partial charge in [-0.3, -0.25) is 0 Å². The lowest BCUT2D eigenvalue weighted by Crippen LogP contribution is -2.24. The quantitative estimate of drug-likeness (QED) is 0.762. The lowest BCUT2D eigenvalue weighted by Gasteiger charge is -2.04. The average Bonchev–Trinajstić information content (AvgIpc) is 2.83. The minimum atomic E-state index is -1.11. The Morgan fingerprint density at radius 3 is 2.76 bits per heavy atom. The van der Waals surface area contributed by atoms with E-state index in [-0.39, 0.29) is 5.82 Å². The summed E-state index contributed by atoms with van der Waals surface area (Å²) in [4.78, 5) is 3.88. The molecule has 0 aliphatic rings. The Kier molecular flexibility index (Phi) is 3.82. The number of nitrogens with zero attached hydrogens (tertiary/aromatic N) is 3. The highest BCUT2D eigenvalue weighted by Gasteiger charge is 2.02. The third-order valence-electron chi connectivity index (χ3n) is 2.58. The van der Waals surface area contributed by atoms with Crippen molar-refractivity contribution in [3.8, 4) is 0 Å². The fourth-order valence-electron chi connectivity index (χ4n) is 1.58. The van der Waals surface area contributed by atoms with Crippen LogP contribution in [0.2, 0.25) is 6.55 Å². The van der Waals surface area contributed by atoms with Gasteiger partial charge >= 0.3 is 0 Å². The Bertz CT molecular complexity index is 479. The molecule has 1 aromatic carbocycles. The summed E-state index contributed by atoms with van der Waals surface area (Å²) < 4.78 is 14.5. The number of halogens is 1. The van der Waals surface area contributed by atoms with Crippen LogP contribution in [0.25, 0.3) is 0 Å². The van der Waals surface area contributed by atoms with Crippen LogP contribution >= 0.6 is 0 Å². The van der Waals surface area contributed by atoms with Crippen molar-refractivity contribution in [3.05, 3.63) is 54.5 Å². The molecule has 0 N–H and O–H groups in total. The second-order valence-corrected chi connectivity index (χ2v) is 6.51. The molecule has 2 aromatic rings. The van der Waals surface area contributed by atoms with Crippen molar-refractivity contribution in [2.24, 2.45) is 0 Å². The minimum Gasteiger partial charge on any atom is -0.249 e. The van der Waals surface area contributed by atoms with Crippen LogP contribution in [-0.2, 0) is 6.54 Å². The van der Waals surface area contributed by atoms with Crippen LogP contribution in [0.3, 0.4) is 0 Å².